The van der Waals surface area contributed by atoms with Gasteiger partial charge in [0.25, 0.3) is 0 Å². The molecule has 1 heterocycles. The first-order chi connectivity index (χ1) is 8.16. The van der Waals surface area contributed by atoms with Gasteiger partial charge in [-0.1, -0.05) is 25.7 Å². The Bertz CT molecular complexity index is 290. The average molecular weight is 238 g/mol. The van der Waals surface area contributed by atoms with Crippen LogP contribution in [0.5, 0.6) is 0 Å². The van der Waals surface area contributed by atoms with Gasteiger partial charge in [-0.25, -0.2) is 0 Å². The molecule has 2 amide bonds. The Morgan fingerprint density at radius 1 is 1.06 bits per heavy atom. The van der Waals surface area contributed by atoms with Crippen LogP contribution in [0.25, 0.3) is 0 Å². The van der Waals surface area contributed by atoms with Crippen LogP contribution in [0.4, 0.5) is 0 Å². The number of hydrogen-bond acceptors (Lipinski definition) is 2. The first kappa shape index (κ1) is 12.4. The van der Waals surface area contributed by atoms with Crippen LogP contribution in [-0.2, 0) is 9.59 Å². The van der Waals surface area contributed by atoms with Gasteiger partial charge in [-0.05, 0) is 12.8 Å². The maximum Gasteiger partial charge on any atom is 0.226 e. The van der Waals surface area contributed by atoms with Crippen LogP contribution in [0, 0.1) is 5.92 Å². The summed E-state index contributed by atoms with van der Waals surface area (Å²) in [6.07, 6.45) is 7.30. The predicted molar refractivity (Wildman–Crippen MR) is 65.4 cm³/mol. The van der Waals surface area contributed by atoms with Crippen LogP contribution in [0.3, 0.4) is 0 Å². The van der Waals surface area contributed by atoms with Gasteiger partial charge in [0.2, 0.25) is 11.8 Å². The molecule has 0 atom stereocenters. The van der Waals surface area contributed by atoms with E-state index in [2.05, 4.69) is 5.32 Å². The van der Waals surface area contributed by atoms with Crippen molar-refractivity contribution in [3.63, 3.8) is 0 Å². The van der Waals surface area contributed by atoms with E-state index in [9.17, 15) is 9.59 Å². The zero-order valence-electron chi connectivity index (χ0n) is 10.6. The van der Waals surface area contributed by atoms with Crippen molar-refractivity contribution < 1.29 is 9.59 Å². The quantitative estimate of drug-likeness (QED) is 0.737. The number of nitrogens with zero attached hydrogens (tertiary/aromatic N) is 1. The zero-order chi connectivity index (χ0) is 12.3. The molecule has 2 aliphatic rings. The lowest BCUT2D eigenvalue weighted by atomic mass is 9.98. The molecule has 2 rings (SSSR count). The van der Waals surface area contributed by atoms with Crippen molar-refractivity contribution in [2.24, 2.45) is 5.92 Å². The average Bonchev–Trinajstić information content (AvgIpc) is 2.43. The third-order valence-electron chi connectivity index (χ3n) is 3.90. The highest BCUT2D eigenvalue weighted by Crippen LogP contribution is 2.20. The second-order valence-electron chi connectivity index (χ2n) is 5.32. The molecule has 1 aliphatic heterocycles. The number of carbonyl (C=O) groups excluding carboxylic acids is 2. The zero-order valence-corrected chi connectivity index (χ0v) is 10.6. The van der Waals surface area contributed by atoms with Crippen LogP contribution < -0.4 is 5.32 Å². The lowest BCUT2D eigenvalue weighted by Gasteiger charge is -2.38. The molecule has 17 heavy (non-hydrogen) atoms. The molecule has 0 radical (unpaired) electrons. The fraction of sp³-hybridized carbons (Fsp3) is 0.846. The first-order valence-corrected chi connectivity index (χ1v) is 6.72. The third kappa shape index (κ3) is 3.20. The Kier molecular flexibility index (Phi) is 4.02. The van der Waals surface area contributed by atoms with E-state index in [1.54, 1.807) is 11.8 Å². The van der Waals surface area contributed by atoms with Crippen molar-refractivity contribution in [2.75, 3.05) is 13.1 Å². The lowest BCUT2D eigenvalue weighted by molar-refractivity contribution is -0.141. The highest BCUT2D eigenvalue weighted by molar-refractivity contribution is 5.83. The van der Waals surface area contributed by atoms with Gasteiger partial charge in [0, 0.05) is 26.1 Å². The van der Waals surface area contributed by atoms with E-state index in [0.29, 0.717) is 19.1 Å². The minimum absolute atomic E-state index is 0.0298. The van der Waals surface area contributed by atoms with Crippen LogP contribution in [0.2, 0.25) is 0 Å². The van der Waals surface area contributed by atoms with Gasteiger partial charge in [-0.3, -0.25) is 9.59 Å². The van der Waals surface area contributed by atoms with Crippen molar-refractivity contribution in [1.82, 2.24) is 10.2 Å². The first-order valence-electron chi connectivity index (χ1n) is 6.72. The Morgan fingerprint density at radius 3 is 2.18 bits per heavy atom. The molecule has 0 aromatic rings. The molecule has 4 heteroatoms. The fourth-order valence-electron chi connectivity index (χ4n) is 2.64. The second-order valence-corrected chi connectivity index (χ2v) is 5.32. The number of likely N-dealkylation sites (tertiary alicyclic amines) is 1. The molecule has 0 aromatic carbocycles. The van der Waals surface area contributed by atoms with Gasteiger partial charge in [0.1, 0.15) is 0 Å². The number of carbonyl (C=O) groups is 2. The van der Waals surface area contributed by atoms with E-state index in [0.717, 1.165) is 12.8 Å². The Labute approximate surface area is 103 Å². The maximum atomic E-state index is 11.9. The molecule has 96 valence electrons. The van der Waals surface area contributed by atoms with E-state index in [-0.39, 0.29) is 17.7 Å². The number of amides is 2. The molecule has 0 bridgehead atoms. The normalized spacial score (nSPS) is 22.8. The van der Waals surface area contributed by atoms with Gasteiger partial charge < -0.3 is 10.2 Å². The number of hydrogen-bond donors (Lipinski definition) is 1. The molecule has 0 aromatic heterocycles. The highest BCUT2D eigenvalue weighted by atomic mass is 16.2. The summed E-state index contributed by atoms with van der Waals surface area (Å²) in [4.78, 5) is 24.7. The SMILES string of the molecule is CC(=O)N1CC(C(=O)NC2CCCCCC2)C1. The summed E-state index contributed by atoms with van der Waals surface area (Å²) in [6, 6.07) is 0.372. The summed E-state index contributed by atoms with van der Waals surface area (Å²) in [5.41, 5.74) is 0. The van der Waals surface area contributed by atoms with E-state index >= 15 is 0 Å². The second kappa shape index (κ2) is 5.52. The molecule has 1 saturated carbocycles. The Morgan fingerprint density at radius 2 is 1.65 bits per heavy atom. The van der Waals surface area contributed by atoms with Crippen LogP contribution in [-0.4, -0.2) is 35.8 Å². The van der Waals surface area contributed by atoms with Gasteiger partial charge >= 0.3 is 0 Å². The van der Waals surface area contributed by atoms with Gasteiger partial charge in [-0.2, -0.15) is 0 Å². The van der Waals surface area contributed by atoms with E-state index in [4.69, 9.17) is 0 Å². The molecule has 0 unspecified atom stereocenters. The van der Waals surface area contributed by atoms with Gasteiger partial charge in [0.05, 0.1) is 5.92 Å². The number of nitrogens with one attached hydrogen (secondary N) is 1. The molecular weight excluding hydrogens is 216 g/mol. The maximum absolute atomic E-state index is 11.9. The Hall–Kier alpha value is -1.06. The van der Waals surface area contributed by atoms with E-state index < -0.39 is 0 Å². The minimum atomic E-state index is 0.0298. The summed E-state index contributed by atoms with van der Waals surface area (Å²) < 4.78 is 0. The van der Waals surface area contributed by atoms with Crippen molar-refractivity contribution in [1.29, 1.82) is 0 Å². The minimum Gasteiger partial charge on any atom is -0.353 e. The number of rotatable bonds is 2. The van der Waals surface area contributed by atoms with E-state index in [1.165, 1.54) is 25.7 Å². The monoisotopic (exact) mass is 238 g/mol. The summed E-state index contributed by atoms with van der Waals surface area (Å²) in [6.45, 7) is 2.77. The highest BCUT2D eigenvalue weighted by Gasteiger charge is 2.34. The van der Waals surface area contributed by atoms with Crippen LogP contribution in [0.1, 0.15) is 45.4 Å². The molecule has 4 nitrogen and oxygen atoms in total. The largest absolute Gasteiger partial charge is 0.353 e. The fourth-order valence-corrected chi connectivity index (χ4v) is 2.64. The van der Waals surface area contributed by atoms with E-state index in [1.807, 2.05) is 0 Å². The third-order valence-corrected chi connectivity index (χ3v) is 3.90. The summed E-state index contributed by atoms with van der Waals surface area (Å²) in [5, 5.41) is 3.14. The smallest absolute Gasteiger partial charge is 0.226 e. The predicted octanol–water partition coefficient (Wildman–Crippen LogP) is 1.30. The van der Waals surface area contributed by atoms with Gasteiger partial charge in [0.15, 0.2) is 0 Å². The molecule has 1 saturated heterocycles. The summed E-state index contributed by atoms with van der Waals surface area (Å²) in [7, 11) is 0. The lowest BCUT2D eigenvalue weighted by Crippen LogP contribution is -2.56. The van der Waals surface area contributed by atoms with Crippen molar-refractivity contribution in [2.45, 2.75) is 51.5 Å². The van der Waals surface area contributed by atoms with Crippen molar-refractivity contribution in [3.05, 3.63) is 0 Å². The molecular formula is C13H22N2O2. The topological polar surface area (TPSA) is 49.4 Å². The van der Waals surface area contributed by atoms with Gasteiger partial charge in [-0.15, -0.1) is 0 Å². The van der Waals surface area contributed by atoms with Crippen molar-refractivity contribution in [3.8, 4) is 0 Å². The van der Waals surface area contributed by atoms with Crippen LogP contribution in [0.15, 0.2) is 0 Å². The molecule has 0 spiro atoms. The summed E-state index contributed by atoms with van der Waals surface area (Å²) >= 11 is 0. The van der Waals surface area contributed by atoms with Crippen molar-refractivity contribution >= 4 is 11.8 Å². The van der Waals surface area contributed by atoms with Crippen LogP contribution >= 0.6 is 0 Å². The molecule has 1 aliphatic carbocycles. The standard InChI is InChI=1S/C13H22N2O2/c1-10(16)15-8-11(9-15)13(17)14-12-6-4-2-3-5-7-12/h11-12H,2-9H2,1H3,(H,14,17). The molecule has 1 N–H and O–H groups in total. The molecule has 2 fully saturated rings. The Balaban J connectivity index is 1.72. The summed E-state index contributed by atoms with van der Waals surface area (Å²) in [5.74, 6) is 0.250.